The van der Waals surface area contributed by atoms with Crippen molar-refractivity contribution in [2.45, 2.75) is 6.42 Å². The summed E-state index contributed by atoms with van der Waals surface area (Å²) in [5, 5.41) is 3.47. The Balaban J connectivity index is 1.72. The zero-order valence-corrected chi connectivity index (χ0v) is 13.2. The molecular formula is C15H11BrClN3O. The highest BCUT2D eigenvalue weighted by Gasteiger charge is 2.08. The molecule has 0 aliphatic heterocycles. The van der Waals surface area contributed by atoms with Crippen molar-refractivity contribution in [1.82, 2.24) is 9.38 Å². The lowest BCUT2D eigenvalue weighted by Gasteiger charge is -2.03. The summed E-state index contributed by atoms with van der Waals surface area (Å²) in [6.45, 7) is 0. The van der Waals surface area contributed by atoms with Gasteiger partial charge in [0.05, 0.1) is 17.1 Å². The summed E-state index contributed by atoms with van der Waals surface area (Å²) in [4.78, 5) is 16.4. The van der Waals surface area contributed by atoms with Crippen LogP contribution in [0.4, 0.5) is 5.69 Å². The molecule has 21 heavy (non-hydrogen) atoms. The molecule has 0 saturated carbocycles. The maximum absolute atomic E-state index is 12.0. The fourth-order valence-electron chi connectivity index (χ4n) is 2.01. The van der Waals surface area contributed by atoms with E-state index < -0.39 is 0 Å². The number of hydrogen-bond donors (Lipinski definition) is 1. The average Bonchev–Trinajstić information content (AvgIpc) is 2.82. The number of fused-ring (bicyclic) bond motifs is 1. The molecule has 0 atom stereocenters. The first kappa shape index (κ1) is 14.1. The van der Waals surface area contributed by atoms with Gasteiger partial charge in [0.25, 0.3) is 0 Å². The van der Waals surface area contributed by atoms with E-state index in [0.29, 0.717) is 10.7 Å². The van der Waals surface area contributed by atoms with Crippen LogP contribution in [0.1, 0.15) is 5.69 Å². The Morgan fingerprint density at radius 1 is 1.19 bits per heavy atom. The second-order valence-electron chi connectivity index (χ2n) is 4.58. The van der Waals surface area contributed by atoms with Gasteiger partial charge in [0.1, 0.15) is 5.65 Å². The van der Waals surface area contributed by atoms with Crippen molar-refractivity contribution in [3.05, 3.63) is 64.0 Å². The van der Waals surface area contributed by atoms with E-state index in [-0.39, 0.29) is 12.3 Å². The van der Waals surface area contributed by atoms with Gasteiger partial charge in [-0.1, -0.05) is 27.5 Å². The molecule has 6 heteroatoms. The van der Waals surface area contributed by atoms with E-state index in [2.05, 4.69) is 26.2 Å². The van der Waals surface area contributed by atoms with Crippen molar-refractivity contribution in [1.29, 1.82) is 0 Å². The average molecular weight is 365 g/mol. The van der Waals surface area contributed by atoms with E-state index in [4.69, 9.17) is 11.6 Å². The molecule has 4 nitrogen and oxygen atoms in total. The summed E-state index contributed by atoms with van der Waals surface area (Å²) in [6, 6.07) is 11.0. The number of carbonyl (C=O) groups excluding carboxylic acids is 1. The van der Waals surface area contributed by atoms with Crippen LogP contribution >= 0.6 is 27.5 Å². The topological polar surface area (TPSA) is 46.4 Å². The molecule has 3 aromatic rings. The second-order valence-corrected chi connectivity index (χ2v) is 5.93. The number of aromatic nitrogens is 2. The maximum Gasteiger partial charge on any atom is 0.230 e. The molecule has 0 fully saturated rings. The van der Waals surface area contributed by atoms with E-state index in [0.717, 1.165) is 15.8 Å². The number of nitrogens with one attached hydrogen (secondary N) is 1. The number of nitrogens with zero attached hydrogens (tertiary/aromatic N) is 2. The van der Waals surface area contributed by atoms with Crippen LogP contribution in [-0.4, -0.2) is 15.3 Å². The normalized spacial score (nSPS) is 10.8. The number of anilines is 1. The molecule has 2 heterocycles. The monoisotopic (exact) mass is 363 g/mol. The van der Waals surface area contributed by atoms with E-state index >= 15 is 0 Å². The third kappa shape index (κ3) is 3.43. The molecule has 1 aromatic carbocycles. The predicted octanol–water partition coefficient (Wildman–Crippen LogP) is 3.93. The van der Waals surface area contributed by atoms with Gasteiger partial charge in [0, 0.05) is 22.6 Å². The second kappa shape index (κ2) is 5.87. The molecule has 106 valence electrons. The van der Waals surface area contributed by atoms with Gasteiger partial charge >= 0.3 is 0 Å². The van der Waals surface area contributed by atoms with E-state index in [1.54, 1.807) is 12.3 Å². The van der Waals surface area contributed by atoms with Gasteiger partial charge in [0.15, 0.2) is 0 Å². The molecule has 2 aromatic heterocycles. The van der Waals surface area contributed by atoms with Gasteiger partial charge < -0.3 is 9.72 Å². The van der Waals surface area contributed by atoms with Crippen LogP contribution in [-0.2, 0) is 11.2 Å². The van der Waals surface area contributed by atoms with Crippen LogP contribution in [0.2, 0.25) is 5.02 Å². The quantitative estimate of drug-likeness (QED) is 0.765. The number of carbonyl (C=O) groups is 1. The van der Waals surface area contributed by atoms with Crippen LogP contribution in [0.15, 0.2) is 53.3 Å². The zero-order chi connectivity index (χ0) is 14.8. The molecule has 0 unspecified atom stereocenters. The SMILES string of the molecule is O=C(Cc1cn2cc(Cl)ccc2n1)Nc1ccc(Br)cc1. The molecule has 1 N–H and O–H groups in total. The summed E-state index contributed by atoms with van der Waals surface area (Å²) >= 11 is 9.28. The molecule has 0 spiro atoms. The Morgan fingerprint density at radius 2 is 1.95 bits per heavy atom. The Morgan fingerprint density at radius 3 is 2.71 bits per heavy atom. The van der Waals surface area contributed by atoms with Gasteiger partial charge in [-0.3, -0.25) is 4.79 Å². The molecule has 0 radical (unpaired) electrons. The van der Waals surface area contributed by atoms with Gasteiger partial charge in [-0.2, -0.15) is 0 Å². The number of imidazole rings is 1. The number of benzene rings is 1. The van der Waals surface area contributed by atoms with Crippen LogP contribution in [0, 0.1) is 0 Å². The summed E-state index contributed by atoms with van der Waals surface area (Å²) in [5.41, 5.74) is 2.23. The number of pyridine rings is 1. The number of halogens is 2. The standard InChI is InChI=1S/C15H11BrClN3O/c16-10-1-4-12(5-2-10)19-15(21)7-13-9-20-8-11(17)3-6-14(20)18-13/h1-6,8-9H,7H2,(H,19,21). The van der Waals surface area contributed by atoms with Gasteiger partial charge in [-0.25, -0.2) is 4.98 Å². The number of rotatable bonds is 3. The number of amides is 1. The van der Waals surface area contributed by atoms with Crippen molar-refractivity contribution in [3.63, 3.8) is 0 Å². The summed E-state index contributed by atoms with van der Waals surface area (Å²) in [7, 11) is 0. The smallest absolute Gasteiger partial charge is 0.230 e. The zero-order valence-electron chi connectivity index (χ0n) is 10.9. The van der Waals surface area contributed by atoms with Gasteiger partial charge in [0.2, 0.25) is 5.91 Å². The van der Waals surface area contributed by atoms with Crippen LogP contribution in [0.5, 0.6) is 0 Å². The van der Waals surface area contributed by atoms with Crippen molar-refractivity contribution < 1.29 is 4.79 Å². The lowest BCUT2D eigenvalue weighted by molar-refractivity contribution is -0.115. The first-order chi connectivity index (χ1) is 10.1. The van der Waals surface area contributed by atoms with E-state index in [9.17, 15) is 4.79 Å². The van der Waals surface area contributed by atoms with Crippen LogP contribution in [0.25, 0.3) is 5.65 Å². The molecular weight excluding hydrogens is 354 g/mol. The first-order valence-corrected chi connectivity index (χ1v) is 7.46. The van der Waals surface area contributed by atoms with Crippen molar-refractivity contribution >= 4 is 44.8 Å². The fourth-order valence-corrected chi connectivity index (χ4v) is 2.44. The minimum Gasteiger partial charge on any atom is -0.326 e. The lowest BCUT2D eigenvalue weighted by atomic mass is 10.3. The summed E-state index contributed by atoms with van der Waals surface area (Å²) in [5.74, 6) is -0.105. The van der Waals surface area contributed by atoms with Crippen molar-refractivity contribution in [2.75, 3.05) is 5.32 Å². The van der Waals surface area contributed by atoms with Gasteiger partial charge in [-0.05, 0) is 36.4 Å². The third-order valence-corrected chi connectivity index (χ3v) is 3.69. The Bertz CT molecular complexity index is 798. The molecule has 3 rings (SSSR count). The van der Waals surface area contributed by atoms with Crippen molar-refractivity contribution in [3.8, 4) is 0 Å². The molecule has 1 amide bonds. The largest absolute Gasteiger partial charge is 0.326 e. The lowest BCUT2D eigenvalue weighted by Crippen LogP contribution is -2.14. The first-order valence-electron chi connectivity index (χ1n) is 6.29. The highest BCUT2D eigenvalue weighted by atomic mass is 79.9. The maximum atomic E-state index is 12.0. The Kier molecular flexibility index (Phi) is 3.94. The Labute approximate surface area is 134 Å². The molecule has 0 saturated heterocycles. The number of hydrogen-bond acceptors (Lipinski definition) is 2. The van der Waals surface area contributed by atoms with Crippen molar-refractivity contribution in [2.24, 2.45) is 0 Å². The molecule has 0 bridgehead atoms. The fraction of sp³-hybridized carbons (Fsp3) is 0.0667. The molecule has 0 aliphatic rings. The third-order valence-electron chi connectivity index (χ3n) is 2.93. The van der Waals surface area contributed by atoms with E-state index in [1.807, 2.05) is 40.9 Å². The highest BCUT2D eigenvalue weighted by Crippen LogP contribution is 2.15. The minimum atomic E-state index is -0.105. The molecule has 0 aliphatic carbocycles. The Hall–Kier alpha value is -1.85. The summed E-state index contributed by atoms with van der Waals surface area (Å²) in [6.07, 6.45) is 3.79. The predicted molar refractivity (Wildman–Crippen MR) is 86.7 cm³/mol. The van der Waals surface area contributed by atoms with Gasteiger partial charge in [-0.15, -0.1) is 0 Å². The summed E-state index contributed by atoms with van der Waals surface area (Å²) < 4.78 is 2.78. The highest BCUT2D eigenvalue weighted by molar-refractivity contribution is 9.10. The minimum absolute atomic E-state index is 0.105. The van der Waals surface area contributed by atoms with E-state index in [1.165, 1.54) is 0 Å². The van der Waals surface area contributed by atoms with Crippen LogP contribution < -0.4 is 5.32 Å². The van der Waals surface area contributed by atoms with Crippen LogP contribution in [0.3, 0.4) is 0 Å².